The molecule has 0 aliphatic carbocycles. The van der Waals surface area contributed by atoms with Crippen LogP contribution in [0.15, 0.2) is 0 Å². The Bertz CT molecular complexity index is 107. The minimum absolute atomic E-state index is 0.00560. The van der Waals surface area contributed by atoms with Gasteiger partial charge in [-0.25, -0.2) is 0 Å². The first-order valence-corrected chi connectivity index (χ1v) is 4.17. The molecule has 0 unspecified atom stereocenters. The fourth-order valence-electron chi connectivity index (χ4n) is 1.02. The molecule has 0 saturated heterocycles. The van der Waals surface area contributed by atoms with Crippen LogP contribution >= 0.6 is 0 Å². The molecule has 0 spiro atoms. The van der Waals surface area contributed by atoms with Crippen LogP contribution < -0.4 is 0 Å². The van der Waals surface area contributed by atoms with Crippen LogP contribution in [0.2, 0.25) is 0 Å². The van der Waals surface area contributed by atoms with Gasteiger partial charge in [0.05, 0.1) is 0 Å². The molecule has 1 atom stereocenters. The largest absolute Gasteiger partial charge is 0.396 e. The van der Waals surface area contributed by atoms with Crippen molar-refractivity contribution in [3.63, 3.8) is 0 Å². The molecule has 0 aromatic heterocycles. The summed E-state index contributed by atoms with van der Waals surface area (Å²) in [6, 6.07) is 0. The zero-order valence-corrected chi connectivity index (χ0v) is 7.19. The third-order valence-corrected chi connectivity index (χ3v) is 1.91. The lowest BCUT2D eigenvalue weighted by Gasteiger charge is -2.11. The number of alkyl halides is 3. The van der Waals surface area contributed by atoms with Crippen LogP contribution in [0.25, 0.3) is 0 Å². The summed E-state index contributed by atoms with van der Waals surface area (Å²) in [4.78, 5) is 0. The summed E-state index contributed by atoms with van der Waals surface area (Å²) in [5.74, 6) is 0.0346. The molecule has 1 N–H and O–H groups in total. The Kier molecular flexibility index (Phi) is 5.29. The van der Waals surface area contributed by atoms with E-state index in [-0.39, 0.29) is 18.9 Å². The Morgan fingerprint density at radius 3 is 2.25 bits per heavy atom. The molecule has 0 radical (unpaired) electrons. The summed E-state index contributed by atoms with van der Waals surface area (Å²) < 4.78 is 35.0. The van der Waals surface area contributed by atoms with Crippen molar-refractivity contribution in [2.45, 2.75) is 38.8 Å². The molecular weight excluding hydrogens is 169 g/mol. The molecule has 0 aliphatic rings. The lowest BCUT2D eigenvalue weighted by atomic mass is 10.0. The van der Waals surface area contributed by atoms with Crippen molar-refractivity contribution in [3.8, 4) is 0 Å². The molecule has 0 aromatic carbocycles. The lowest BCUT2D eigenvalue weighted by molar-refractivity contribution is -0.136. The highest BCUT2D eigenvalue weighted by atomic mass is 19.4. The van der Waals surface area contributed by atoms with E-state index in [1.165, 1.54) is 0 Å². The van der Waals surface area contributed by atoms with Crippen LogP contribution in [0.5, 0.6) is 0 Å². The van der Waals surface area contributed by atoms with Gasteiger partial charge in [-0.2, -0.15) is 13.2 Å². The fourth-order valence-corrected chi connectivity index (χ4v) is 1.02. The minimum Gasteiger partial charge on any atom is -0.396 e. The fraction of sp³-hybridized carbons (Fsp3) is 1.00. The Morgan fingerprint density at radius 2 is 1.92 bits per heavy atom. The van der Waals surface area contributed by atoms with E-state index < -0.39 is 12.6 Å². The Balaban J connectivity index is 3.41. The van der Waals surface area contributed by atoms with Gasteiger partial charge in [0.2, 0.25) is 0 Å². The van der Waals surface area contributed by atoms with Crippen LogP contribution in [0.1, 0.15) is 32.6 Å². The van der Waals surface area contributed by atoms with E-state index in [9.17, 15) is 13.2 Å². The number of hydrogen-bond acceptors (Lipinski definition) is 1. The molecule has 0 amide bonds. The normalized spacial score (nSPS) is 14.8. The van der Waals surface area contributed by atoms with Gasteiger partial charge in [0.1, 0.15) is 0 Å². The van der Waals surface area contributed by atoms with Crippen molar-refractivity contribution < 1.29 is 18.3 Å². The summed E-state index contributed by atoms with van der Waals surface area (Å²) in [7, 11) is 0. The zero-order chi connectivity index (χ0) is 9.61. The van der Waals surface area contributed by atoms with Gasteiger partial charge in [-0.3, -0.25) is 0 Å². The van der Waals surface area contributed by atoms with Gasteiger partial charge in [-0.05, 0) is 18.8 Å². The van der Waals surface area contributed by atoms with Gasteiger partial charge < -0.3 is 5.11 Å². The van der Waals surface area contributed by atoms with E-state index in [1.54, 1.807) is 0 Å². The molecule has 0 fully saturated rings. The molecule has 0 heterocycles. The van der Waals surface area contributed by atoms with E-state index in [0.717, 1.165) is 6.42 Å². The molecule has 4 heteroatoms. The third kappa shape index (κ3) is 6.46. The van der Waals surface area contributed by atoms with Gasteiger partial charge in [0.25, 0.3) is 0 Å². The van der Waals surface area contributed by atoms with E-state index in [4.69, 9.17) is 5.11 Å². The van der Waals surface area contributed by atoms with Crippen molar-refractivity contribution >= 4 is 0 Å². The van der Waals surface area contributed by atoms with E-state index in [1.807, 2.05) is 6.92 Å². The standard InChI is InChI=1S/C8H15F3O/c1-2-7(6-12)4-3-5-8(9,10)11/h7,12H,2-6H2,1H3/t7-/m1/s1. The average Bonchev–Trinajstić information content (AvgIpc) is 1.96. The monoisotopic (exact) mass is 184 g/mol. The Labute approximate surface area is 70.6 Å². The van der Waals surface area contributed by atoms with Crippen molar-refractivity contribution in [3.05, 3.63) is 0 Å². The highest BCUT2D eigenvalue weighted by molar-refractivity contribution is 4.58. The predicted molar refractivity (Wildman–Crippen MR) is 40.8 cm³/mol. The quantitative estimate of drug-likeness (QED) is 0.696. The number of hydrogen-bond donors (Lipinski definition) is 1. The molecule has 12 heavy (non-hydrogen) atoms. The van der Waals surface area contributed by atoms with Crippen molar-refractivity contribution in [1.82, 2.24) is 0 Å². The summed E-state index contributed by atoms with van der Waals surface area (Å²) in [5.41, 5.74) is 0. The predicted octanol–water partition coefficient (Wildman–Crippen LogP) is 2.74. The number of rotatable bonds is 5. The minimum atomic E-state index is -4.05. The molecule has 1 nitrogen and oxygen atoms in total. The van der Waals surface area contributed by atoms with Crippen LogP contribution in [0.3, 0.4) is 0 Å². The van der Waals surface area contributed by atoms with Gasteiger partial charge in [-0.1, -0.05) is 13.3 Å². The molecular formula is C8H15F3O. The molecule has 0 aromatic rings. The molecule has 0 aliphatic heterocycles. The van der Waals surface area contributed by atoms with Gasteiger partial charge in [-0.15, -0.1) is 0 Å². The molecule has 0 saturated carbocycles. The first kappa shape index (κ1) is 11.8. The smallest absolute Gasteiger partial charge is 0.389 e. The lowest BCUT2D eigenvalue weighted by Crippen LogP contribution is -2.10. The summed E-state index contributed by atoms with van der Waals surface area (Å²) in [6.07, 6.45) is -3.44. The van der Waals surface area contributed by atoms with Crippen LogP contribution in [-0.4, -0.2) is 17.9 Å². The molecule has 74 valence electrons. The topological polar surface area (TPSA) is 20.2 Å². The number of aliphatic hydroxyl groups excluding tert-OH is 1. The summed E-state index contributed by atoms with van der Waals surface area (Å²) in [6.45, 7) is 1.86. The highest BCUT2D eigenvalue weighted by Gasteiger charge is 2.26. The Hall–Kier alpha value is -0.250. The summed E-state index contributed by atoms with van der Waals surface area (Å²) in [5, 5.41) is 8.67. The van der Waals surface area contributed by atoms with Gasteiger partial charge in [0.15, 0.2) is 0 Å². The number of halogens is 3. The summed E-state index contributed by atoms with van der Waals surface area (Å²) >= 11 is 0. The maximum absolute atomic E-state index is 11.7. The maximum Gasteiger partial charge on any atom is 0.389 e. The second kappa shape index (κ2) is 5.41. The van der Waals surface area contributed by atoms with E-state index >= 15 is 0 Å². The highest BCUT2D eigenvalue weighted by Crippen LogP contribution is 2.24. The molecule has 0 bridgehead atoms. The zero-order valence-electron chi connectivity index (χ0n) is 7.19. The maximum atomic E-state index is 11.7. The first-order chi connectivity index (χ1) is 5.49. The van der Waals surface area contributed by atoms with Crippen molar-refractivity contribution in [2.75, 3.05) is 6.61 Å². The van der Waals surface area contributed by atoms with Crippen molar-refractivity contribution in [1.29, 1.82) is 0 Å². The second-order valence-corrected chi connectivity index (χ2v) is 2.96. The van der Waals surface area contributed by atoms with Gasteiger partial charge >= 0.3 is 6.18 Å². The van der Waals surface area contributed by atoms with E-state index in [2.05, 4.69) is 0 Å². The first-order valence-electron chi connectivity index (χ1n) is 4.17. The van der Waals surface area contributed by atoms with Gasteiger partial charge in [0, 0.05) is 13.0 Å². The van der Waals surface area contributed by atoms with Crippen LogP contribution in [0, 0.1) is 5.92 Å². The van der Waals surface area contributed by atoms with E-state index in [0.29, 0.717) is 6.42 Å². The van der Waals surface area contributed by atoms with Crippen LogP contribution in [-0.2, 0) is 0 Å². The van der Waals surface area contributed by atoms with Crippen LogP contribution in [0.4, 0.5) is 13.2 Å². The molecule has 0 rings (SSSR count). The number of aliphatic hydroxyl groups is 1. The SMILES string of the molecule is CC[C@@H](CO)CCCC(F)(F)F. The second-order valence-electron chi connectivity index (χ2n) is 2.96. The third-order valence-electron chi connectivity index (χ3n) is 1.91. The average molecular weight is 184 g/mol. The van der Waals surface area contributed by atoms with Crippen molar-refractivity contribution in [2.24, 2.45) is 5.92 Å². The Morgan fingerprint density at radius 1 is 1.33 bits per heavy atom.